The smallest absolute Gasteiger partial charge is 0.249 e. The van der Waals surface area contributed by atoms with Crippen LogP contribution in [0.25, 0.3) is 0 Å². The standard InChI is InChI=1S/C7H7ClO.C7H13F2N.C2H6.CH3F/c1-9-7-5-3-2-4-6(7)8;1-10-6-3-2-4-7(8,9)5-6;2*1-2/h2-5H,1H3;6,10H,2-5H2,1H3;1-2H3;1H3. The van der Waals surface area contributed by atoms with Crippen molar-refractivity contribution in [2.45, 2.75) is 51.5 Å². The average molecular weight is 356 g/mol. The minimum absolute atomic E-state index is 0.0174. The maximum Gasteiger partial charge on any atom is 0.249 e. The minimum atomic E-state index is -2.41. The number of ether oxygens (including phenoxy) is 1. The van der Waals surface area contributed by atoms with Gasteiger partial charge in [-0.2, -0.15) is 0 Å². The molecule has 1 aromatic rings. The summed E-state index contributed by atoms with van der Waals surface area (Å²) < 4.78 is 39.6. The SMILES string of the molecule is CC.CF.CNC1CCCC(F)(F)C1.COc1ccccc1Cl. The summed E-state index contributed by atoms with van der Waals surface area (Å²) in [6.45, 7) is 4.00. The van der Waals surface area contributed by atoms with E-state index in [0.717, 1.165) is 12.2 Å². The molecular formula is C17H29ClF3NO. The number of benzene rings is 1. The van der Waals surface area contributed by atoms with Crippen LogP contribution in [0.5, 0.6) is 5.75 Å². The Balaban J connectivity index is 0. The molecule has 0 amide bonds. The van der Waals surface area contributed by atoms with Gasteiger partial charge in [0.1, 0.15) is 5.75 Å². The van der Waals surface area contributed by atoms with Crippen LogP contribution >= 0.6 is 11.6 Å². The van der Waals surface area contributed by atoms with Crippen LogP contribution in [0.3, 0.4) is 0 Å². The monoisotopic (exact) mass is 355 g/mol. The summed E-state index contributed by atoms with van der Waals surface area (Å²) in [6.07, 6.45) is 1.64. The maximum atomic E-state index is 12.6. The van der Waals surface area contributed by atoms with Gasteiger partial charge in [0.15, 0.2) is 0 Å². The molecule has 0 aromatic heterocycles. The Morgan fingerprint density at radius 3 is 2.13 bits per heavy atom. The Kier molecular flexibility index (Phi) is 15.5. The molecule has 1 aliphatic carbocycles. The third-order valence-electron chi connectivity index (χ3n) is 3.10. The minimum Gasteiger partial charge on any atom is -0.495 e. The zero-order chi connectivity index (χ0) is 18.3. The van der Waals surface area contributed by atoms with Gasteiger partial charge in [-0.15, -0.1) is 0 Å². The Bertz CT molecular complexity index is 392. The Morgan fingerprint density at radius 1 is 1.22 bits per heavy atom. The predicted molar refractivity (Wildman–Crippen MR) is 92.6 cm³/mol. The molecule has 1 atom stereocenters. The molecular weight excluding hydrogens is 327 g/mol. The van der Waals surface area contributed by atoms with Crippen LogP contribution in [0.15, 0.2) is 24.3 Å². The molecule has 1 fully saturated rings. The van der Waals surface area contributed by atoms with Crippen LogP contribution in [-0.4, -0.2) is 33.3 Å². The molecule has 1 unspecified atom stereocenters. The molecule has 0 heterocycles. The molecule has 0 saturated heterocycles. The van der Waals surface area contributed by atoms with Gasteiger partial charge in [-0.25, -0.2) is 8.78 Å². The van der Waals surface area contributed by atoms with E-state index in [9.17, 15) is 13.2 Å². The molecule has 1 N–H and O–H groups in total. The predicted octanol–water partition coefficient (Wildman–Crippen LogP) is 5.74. The second-order valence-corrected chi connectivity index (χ2v) is 4.98. The van der Waals surface area contributed by atoms with E-state index in [0.29, 0.717) is 18.6 Å². The van der Waals surface area contributed by atoms with Gasteiger partial charge < -0.3 is 10.1 Å². The van der Waals surface area contributed by atoms with Gasteiger partial charge in [0, 0.05) is 18.9 Å². The van der Waals surface area contributed by atoms with E-state index in [2.05, 4.69) is 5.32 Å². The first-order valence-electron chi connectivity index (χ1n) is 7.70. The van der Waals surface area contributed by atoms with E-state index in [1.807, 2.05) is 32.0 Å². The third kappa shape index (κ3) is 11.3. The first-order valence-corrected chi connectivity index (χ1v) is 8.07. The van der Waals surface area contributed by atoms with Crippen molar-refractivity contribution in [1.29, 1.82) is 0 Å². The lowest BCUT2D eigenvalue weighted by Crippen LogP contribution is -2.37. The van der Waals surface area contributed by atoms with Gasteiger partial charge in [-0.05, 0) is 32.0 Å². The van der Waals surface area contributed by atoms with Crippen LogP contribution in [0.1, 0.15) is 39.5 Å². The second-order valence-electron chi connectivity index (χ2n) is 4.57. The average Bonchev–Trinajstić information content (AvgIpc) is 2.58. The van der Waals surface area contributed by atoms with Gasteiger partial charge in [-0.1, -0.05) is 37.6 Å². The van der Waals surface area contributed by atoms with Crippen LogP contribution < -0.4 is 10.1 Å². The lowest BCUT2D eigenvalue weighted by Gasteiger charge is -2.28. The number of hydrogen-bond acceptors (Lipinski definition) is 2. The largest absolute Gasteiger partial charge is 0.495 e. The molecule has 2 rings (SSSR count). The second kappa shape index (κ2) is 14.6. The highest BCUT2D eigenvalue weighted by Crippen LogP contribution is 2.32. The highest BCUT2D eigenvalue weighted by Gasteiger charge is 2.35. The molecule has 23 heavy (non-hydrogen) atoms. The lowest BCUT2D eigenvalue weighted by atomic mass is 9.92. The maximum absolute atomic E-state index is 12.6. The topological polar surface area (TPSA) is 21.3 Å². The first kappa shape index (κ1) is 24.3. The van der Waals surface area contributed by atoms with Crippen molar-refractivity contribution in [3.8, 4) is 5.75 Å². The summed E-state index contributed by atoms with van der Waals surface area (Å²) in [5.41, 5.74) is 0. The van der Waals surface area contributed by atoms with Crippen molar-refractivity contribution >= 4 is 11.6 Å². The number of alkyl halides is 3. The summed E-state index contributed by atoms with van der Waals surface area (Å²) in [6, 6.07) is 7.39. The molecule has 1 aliphatic rings. The fourth-order valence-corrected chi connectivity index (χ4v) is 2.24. The number of nitrogens with one attached hydrogen (secondary N) is 1. The van der Waals surface area contributed by atoms with Crippen molar-refractivity contribution < 1.29 is 17.9 Å². The fraction of sp³-hybridized carbons (Fsp3) is 0.647. The van der Waals surface area contributed by atoms with Crippen LogP contribution in [0, 0.1) is 0 Å². The summed E-state index contributed by atoms with van der Waals surface area (Å²) in [4.78, 5) is 0. The summed E-state index contributed by atoms with van der Waals surface area (Å²) >= 11 is 5.70. The van der Waals surface area contributed by atoms with E-state index in [1.165, 1.54) is 0 Å². The summed E-state index contributed by atoms with van der Waals surface area (Å²) in [5, 5.41) is 3.53. The van der Waals surface area contributed by atoms with Crippen molar-refractivity contribution in [2.24, 2.45) is 0 Å². The van der Waals surface area contributed by atoms with Crippen LogP contribution in [-0.2, 0) is 0 Å². The molecule has 0 spiro atoms. The third-order valence-corrected chi connectivity index (χ3v) is 3.42. The van der Waals surface area contributed by atoms with E-state index in [-0.39, 0.29) is 18.9 Å². The highest BCUT2D eigenvalue weighted by atomic mass is 35.5. The summed E-state index contributed by atoms with van der Waals surface area (Å²) in [5.74, 6) is -1.69. The van der Waals surface area contributed by atoms with Gasteiger partial charge in [0.05, 0.1) is 19.3 Å². The molecule has 2 nitrogen and oxygen atoms in total. The molecule has 6 heteroatoms. The normalized spacial score (nSPS) is 18.0. The fourth-order valence-electron chi connectivity index (χ4n) is 2.03. The number of halogens is 4. The van der Waals surface area contributed by atoms with Crippen molar-refractivity contribution in [1.82, 2.24) is 5.32 Å². The summed E-state index contributed by atoms with van der Waals surface area (Å²) in [7, 11) is 3.84. The van der Waals surface area contributed by atoms with Crippen molar-refractivity contribution in [2.75, 3.05) is 21.3 Å². The number of rotatable bonds is 2. The quantitative estimate of drug-likeness (QED) is 0.729. The number of methoxy groups -OCH3 is 1. The zero-order valence-electron chi connectivity index (χ0n) is 14.6. The Hall–Kier alpha value is -0.940. The van der Waals surface area contributed by atoms with Crippen molar-refractivity contribution in [3.63, 3.8) is 0 Å². The molecule has 0 bridgehead atoms. The van der Waals surface area contributed by atoms with Gasteiger partial charge in [0.25, 0.3) is 0 Å². The molecule has 0 aliphatic heterocycles. The van der Waals surface area contributed by atoms with Gasteiger partial charge >= 0.3 is 0 Å². The first-order chi connectivity index (χ1) is 11.0. The van der Waals surface area contributed by atoms with E-state index >= 15 is 0 Å². The zero-order valence-corrected chi connectivity index (χ0v) is 15.4. The number of hydrogen-bond donors (Lipinski definition) is 1. The molecule has 0 radical (unpaired) electrons. The lowest BCUT2D eigenvalue weighted by molar-refractivity contribution is -0.0432. The van der Waals surface area contributed by atoms with Gasteiger partial charge in [0.2, 0.25) is 5.92 Å². The Labute approximate surface area is 143 Å². The number of para-hydroxylation sites is 1. The van der Waals surface area contributed by atoms with Crippen LogP contribution in [0.2, 0.25) is 5.02 Å². The van der Waals surface area contributed by atoms with Gasteiger partial charge in [-0.3, -0.25) is 4.39 Å². The Morgan fingerprint density at radius 2 is 1.78 bits per heavy atom. The van der Waals surface area contributed by atoms with Crippen molar-refractivity contribution in [3.05, 3.63) is 29.3 Å². The molecule has 1 aromatic carbocycles. The van der Waals surface area contributed by atoms with Crippen LogP contribution in [0.4, 0.5) is 13.2 Å². The molecule has 1 saturated carbocycles. The molecule has 136 valence electrons. The highest BCUT2D eigenvalue weighted by molar-refractivity contribution is 6.32. The van der Waals surface area contributed by atoms with E-state index in [4.69, 9.17) is 16.3 Å². The van der Waals surface area contributed by atoms with E-state index < -0.39 is 5.92 Å². The van der Waals surface area contributed by atoms with E-state index in [1.54, 1.807) is 20.2 Å².